The molecule has 1 heterocycles. The van der Waals surface area contributed by atoms with Gasteiger partial charge in [-0.1, -0.05) is 40.5 Å². The summed E-state index contributed by atoms with van der Waals surface area (Å²) in [4.78, 5) is 0. The van der Waals surface area contributed by atoms with Crippen molar-refractivity contribution in [3.8, 4) is 0 Å². The summed E-state index contributed by atoms with van der Waals surface area (Å²) in [5, 5.41) is 8.77. The first-order chi connectivity index (χ1) is 10.3. The van der Waals surface area contributed by atoms with Crippen LogP contribution in [-0.2, 0) is 12.8 Å². The first-order valence-electron chi connectivity index (χ1n) is 9.10. The maximum Gasteiger partial charge on any atom is 0.0672 e. The molecule has 1 unspecified atom stereocenters. The van der Waals surface area contributed by atoms with Gasteiger partial charge in [0.1, 0.15) is 0 Å². The summed E-state index contributed by atoms with van der Waals surface area (Å²) in [5.74, 6) is 0. The molecule has 120 valence electrons. The Morgan fingerprint density at radius 2 is 1.86 bits per heavy atom. The Hall–Kier alpha value is -0.830. The first-order valence-corrected chi connectivity index (χ1v) is 9.10. The van der Waals surface area contributed by atoms with E-state index in [1.807, 2.05) is 0 Å². The van der Waals surface area contributed by atoms with Crippen molar-refractivity contribution in [3.05, 3.63) is 17.0 Å². The molecule has 0 bridgehead atoms. The Balaban J connectivity index is 2.36. The van der Waals surface area contributed by atoms with E-state index in [1.165, 1.54) is 49.1 Å². The van der Waals surface area contributed by atoms with Gasteiger partial charge < -0.3 is 5.32 Å². The zero-order valence-corrected chi connectivity index (χ0v) is 14.4. The van der Waals surface area contributed by atoms with Crippen LogP contribution in [0.2, 0.25) is 0 Å². The molecule has 1 aromatic rings. The number of hydrogen-bond acceptors (Lipinski definition) is 2. The molecule has 1 aliphatic carbocycles. The van der Waals surface area contributed by atoms with Gasteiger partial charge in [0.25, 0.3) is 0 Å². The second kappa shape index (κ2) is 7.98. The van der Waals surface area contributed by atoms with Crippen LogP contribution in [0.5, 0.6) is 0 Å². The Bertz CT molecular complexity index is 430. The van der Waals surface area contributed by atoms with Gasteiger partial charge >= 0.3 is 0 Å². The van der Waals surface area contributed by atoms with Crippen molar-refractivity contribution < 1.29 is 0 Å². The van der Waals surface area contributed by atoms with Gasteiger partial charge in [0.05, 0.1) is 11.7 Å². The molecule has 0 aromatic carbocycles. The van der Waals surface area contributed by atoms with Gasteiger partial charge in [-0.2, -0.15) is 5.10 Å². The summed E-state index contributed by atoms with van der Waals surface area (Å²) >= 11 is 0. The Morgan fingerprint density at radius 1 is 1.14 bits per heavy atom. The van der Waals surface area contributed by atoms with Gasteiger partial charge in [0.2, 0.25) is 0 Å². The fourth-order valence-electron chi connectivity index (χ4n) is 3.77. The van der Waals surface area contributed by atoms with Gasteiger partial charge in [0.15, 0.2) is 0 Å². The SMILES string of the molecule is CCCNC(CC)c1c(CC)nn(C2CCCC2)c1CC. The van der Waals surface area contributed by atoms with Crippen LogP contribution in [0.4, 0.5) is 0 Å². The summed E-state index contributed by atoms with van der Waals surface area (Å²) in [6.07, 6.45) is 9.86. The molecular weight excluding hydrogens is 258 g/mol. The topological polar surface area (TPSA) is 29.9 Å². The van der Waals surface area contributed by atoms with Crippen molar-refractivity contribution in [3.63, 3.8) is 0 Å². The quantitative estimate of drug-likeness (QED) is 0.760. The second-order valence-corrected chi connectivity index (χ2v) is 6.31. The van der Waals surface area contributed by atoms with Gasteiger partial charge in [-0.05, 0) is 45.1 Å². The molecule has 0 amide bonds. The normalized spacial score (nSPS) is 17.5. The number of rotatable bonds is 8. The number of aromatic nitrogens is 2. The minimum Gasteiger partial charge on any atom is -0.310 e. The lowest BCUT2D eigenvalue weighted by molar-refractivity contribution is 0.445. The third kappa shape index (κ3) is 3.50. The van der Waals surface area contributed by atoms with Crippen molar-refractivity contribution in [1.82, 2.24) is 15.1 Å². The van der Waals surface area contributed by atoms with Gasteiger partial charge in [-0.15, -0.1) is 0 Å². The predicted octanol–water partition coefficient (Wildman–Crippen LogP) is 4.57. The number of nitrogens with zero attached hydrogens (tertiary/aromatic N) is 2. The van der Waals surface area contributed by atoms with Crippen LogP contribution < -0.4 is 5.32 Å². The van der Waals surface area contributed by atoms with E-state index in [-0.39, 0.29) is 0 Å². The lowest BCUT2D eigenvalue weighted by Crippen LogP contribution is -2.23. The van der Waals surface area contributed by atoms with E-state index in [0.29, 0.717) is 12.1 Å². The Labute approximate surface area is 130 Å². The van der Waals surface area contributed by atoms with Crippen LogP contribution in [0.25, 0.3) is 0 Å². The number of nitrogens with one attached hydrogen (secondary N) is 1. The highest BCUT2D eigenvalue weighted by Gasteiger charge is 2.26. The van der Waals surface area contributed by atoms with Gasteiger partial charge in [0, 0.05) is 17.3 Å². The summed E-state index contributed by atoms with van der Waals surface area (Å²) in [6.45, 7) is 10.2. The van der Waals surface area contributed by atoms with Gasteiger partial charge in [-0.25, -0.2) is 0 Å². The molecule has 2 rings (SSSR count). The zero-order valence-electron chi connectivity index (χ0n) is 14.4. The van der Waals surface area contributed by atoms with Crippen LogP contribution in [0.1, 0.15) is 95.3 Å². The van der Waals surface area contributed by atoms with Crippen LogP contribution in [0.15, 0.2) is 0 Å². The average molecular weight is 291 g/mol. The maximum absolute atomic E-state index is 5.04. The van der Waals surface area contributed by atoms with Crippen LogP contribution in [0.3, 0.4) is 0 Å². The van der Waals surface area contributed by atoms with E-state index >= 15 is 0 Å². The highest BCUT2D eigenvalue weighted by atomic mass is 15.3. The van der Waals surface area contributed by atoms with Crippen molar-refractivity contribution in [2.24, 2.45) is 0 Å². The standard InChI is InChI=1S/C18H33N3/c1-5-13-19-15(6-2)18-16(7-3)20-21(17(18)8-4)14-11-9-10-12-14/h14-15,19H,5-13H2,1-4H3. The Kier molecular flexibility index (Phi) is 6.28. The molecule has 0 saturated heterocycles. The van der Waals surface area contributed by atoms with Crippen molar-refractivity contribution >= 4 is 0 Å². The minimum absolute atomic E-state index is 0.477. The molecule has 1 saturated carbocycles. The number of hydrogen-bond donors (Lipinski definition) is 1. The molecule has 21 heavy (non-hydrogen) atoms. The minimum atomic E-state index is 0.477. The molecule has 0 radical (unpaired) electrons. The molecule has 1 aliphatic rings. The van der Waals surface area contributed by atoms with Crippen molar-refractivity contribution in [1.29, 1.82) is 0 Å². The first kappa shape index (κ1) is 16.5. The van der Waals surface area contributed by atoms with Crippen molar-refractivity contribution in [2.45, 2.75) is 91.1 Å². The van der Waals surface area contributed by atoms with Crippen LogP contribution in [-0.4, -0.2) is 16.3 Å². The maximum atomic E-state index is 5.04. The molecule has 0 aliphatic heterocycles. The van der Waals surface area contributed by atoms with E-state index in [0.717, 1.165) is 25.8 Å². The van der Waals surface area contributed by atoms with E-state index in [1.54, 1.807) is 0 Å². The third-order valence-electron chi connectivity index (χ3n) is 4.86. The average Bonchev–Trinajstić information content (AvgIpc) is 3.15. The highest BCUT2D eigenvalue weighted by Crippen LogP contribution is 2.34. The Morgan fingerprint density at radius 3 is 2.38 bits per heavy atom. The molecule has 1 atom stereocenters. The summed E-state index contributed by atoms with van der Waals surface area (Å²) in [7, 11) is 0. The molecule has 1 N–H and O–H groups in total. The second-order valence-electron chi connectivity index (χ2n) is 6.31. The monoisotopic (exact) mass is 291 g/mol. The number of aryl methyl sites for hydroxylation is 1. The highest BCUT2D eigenvalue weighted by molar-refractivity contribution is 5.31. The molecule has 0 spiro atoms. The van der Waals surface area contributed by atoms with E-state index in [2.05, 4.69) is 37.7 Å². The summed E-state index contributed by atoms with van der Waals surface area (Å²) < 4.78 is 2.40. The fraction of sp³-hybridized carbons (Fsp3) is 0.833. The summed E-state index contributed by atoms with van der Waals surface area (Å²) in [5.41, 5.74) is 4.34. The molecule has 1 fully saturated rings. The predicted molar refractivity (Wildman–Crippen MR) is 89.8 cm³/mol. The third-order valence-corrected chi connectivity index (χ3v) is 4.86. The van der Waals surface area contributed by atoms with Crippen molar-refractivity contribution in [2.75, 3.05) is 6.54 Å². The van der Waals surface area contributed by atoms with E-state index in [4.69, 9.17) is 5.10 Å². The molecular formula is C18H33N3. The fourth-order valence-corrected chi connectivity index (χ4v) is 3.77. The summed E-state index contributed by atoms with van der Waals surface area (Å²) in [6, 6.07) is 1.13. The molecule has 1 aromatic heterocycles. The largest absolute Gasteiger partial charge is 0.310 e. The van der Waals surface area contributed by atoms with E-state index < -0.39 is 0 Å². The van der Waals surface area contributed by atoms with E-state index in [9.17, 15) is 0 Å². The smallest absolute Gasteiger partial charge is 0.0672 e. The lowest BCUT2D eigenvalue weighted by atomic mass is 9.98. The van der Waals surface area contributed by atoms with Gasteiger partial charge in [-0.3, -0.25) is 4.68 Å². The van der Waals surface area contributed by atoms with Crippen LogP contribution in [0, 0.1) is 0 Å². The molecule has 3 nitrogen and oxygen atoms in total. The lowest BCUT2D eigenvalue weighted by Gasteiger charge is -2.20. The molecule has 3 heteroatoms. The zero-order chi connectivity index (χ0) is 15.2. The van der Waals surface area contributed by atoms with Crippen LogP contribution >= 0.6 is 0 Å².